The maximum absolute atomic E-state index is 9.40. The second kappa shape index (κ2) is 3.57. The molecule has 0 aromatic carbocycles. The third-order valence-corrected chi connectivity index (χ3v) is 2.35. The molecule has 0 saturated heterocycles. The molecular formula is C10H20O. The second-order valence-electron chi connectivity index (χ2n) is 4.50. The molecule has 11 heavy (non-hydrogen) atoms. The monoisotopic (exact) mass is 156 g/mol. The standard InChI is InChI=1S/C10H20O/c1-10(2,11)8-4-3-5-9-6-7-9/h9,11H,3-8H2,1-2H3. The Morgan fingerprint density at radius 1 is 1.27 bits per heavy atom. The van der Waals surface area contributed by atoms with Crippen molar-refractivity contribution in [3.63, 3.8) is 0 Å². The molecule has 0 aliphatic heterocycles. The van der Waals surface area contributed by atoms with Crippen molar-refractivity contribution in [3.05, 3.63) is 0 Å². The highest BCUT2D eigenvalue weighted by atomic mass is 16.3. The minimum Gasteiger partial charge on any atom is -0.390 e. The number of hydrogen-bond donors (Lipinski definition) is 1. The van der Waals surface area contributed by atoms with E-state index in [2.05, 4.69) is 0 Å². The zero-order valence-corrected chi connectivity index (χ0v) is 7.77. The highest BCUT2D eigenvalue weighted by Gasteiger charge is 2.20. The maximum atomic E-state index is 9.40. The molecule has 1 aliphatic carbocycles. The van der Waals surface area contributed by atoms with Gasteiger partial charge in [0, 0.05) is 0 Å². The van der Waals surface area contributed by atoms with Crippen LogP contribution in [-0.4, -0.2) is 10.7 Å². The summed E-state index contributed by atoms with van der Waals surface area (Å²) in [6, 6.07) is 0. The topological polar surface area (TPSA) is 20.2 Å². The van der Waals surface area contributed by atoms with E-state index in [1.807, 2.05) is 13.8 Å². The predicted octanol–water partition coefficient (Wildman–Crippen LogP) is 2.73. The number of aliphatic hydroxyl groups is 1. The van der Waals surface area contributed by atoms with Gasteiger partial charge in [0.25, 0.3) is 0 Å². The van der Waals surface area contributed by atoms with Gasteiger partial charge in [0.2, 0.25) is 0 Å². The van der Waals surface area contributed by atoms with Crippen molar-refractivity contribution >= 4 is 0 Å². The van der Waals surface area contributed by atoms with Crippen molar-refractivity contribution in [2.45, 2.75) is 58.0 Å². The summed E-state index contributed by atoms with van der Waals surface area (Å²) in [6.45, 7) is 3.79. The van der Waals surface area contributed by atoms with E-state index in [1.54, 1.807) is 0 Å². The first kappa shape index (κ1) is 9.05. The normalized spacial score (nSPS) is 18.8. The van der Waals surface area contributed by atoms with E-state index in [1.165, 1.54) is 32.1 Å². The Morgan fingerprint density at radius 2 is 1.91 bits per heavy atom. The van der Waals surface area contributed by atoms with Crippen molar-refractivity contribution in [1.29, 1.82) is 0 Å². The molecule has 66 valence electrons. The van der Waals surface area contributed by atoms with Gasteiger partial charge in [-0.1, -0.05) is 32.1 Å². The van der Waals surface area contributed by atoms with Crippen LogP contribution in [0.4, 0.5) is 0 Å². The summed E-state index contributed by atoms with van der Waals surface area (Å²) in [5.41, 5.74) is -0.441. The summed E-state index contributed by atoms with van der Waals surface area (Å²) in [5, 5.41) is 9.40. The summed E-state index contributed by atoms with van der Waals surface area (Å²) in [6.07, 6.45) is 7.79. The molecule has 1 nitrogen and oxygen atoms in total. The molecule has 1 aliphatic rings. The number of unbranched alkanes of at least 4 members (excludes halogenated alkanes) is 1. The van der Waals surface area contributed by atoms with Crippen LogP contribution in [0.15, 0.2) is 0 Å². The lowest BCUT2D eigenvalue weighted by molar-refractivity contribution is 0.0679. The first-order valence-corrected chi connectivity index (χ1v) is 4.80. The maximum Gasteiger partial charge on any atom is 0.0591 e. The van der Waals surface area contributed by atoms with Crippen LogP contribution >= 0.6 is 0 Å². The van der Waals surface area contributed by atoms with Gasteiger partial charge in [0.15, 0.2) is 0 Å². The first-order chi connectivity index (χ1) is 5.08. The van der Waals surface area contributed by atoms with E-state index >= 15 is 0 Å². The molecule has 0 bridgehead atoms. The molecule has 0 unspecified atom stereocenters. The van der Waals surface area contributed by atoms with Gasteiger partial charge in [-0.05, 0) is 26.2 Å². The molecular weight excluding hydrogens is 136 g/mol. The van der Waals surface area contributed by atoms with Crippen LogP contribution in [0.2, 0.25) is 0 Å². The van der Waals surface area contributed by atoms with Gasteiger partial charge in [-0.25, -0.2) is 0 Å². The first-order valence-electron chi connectivity index (χ1n) is 4.80. The molecule has 1 rings (SSSR count). The van der Waals surface area contributed by atoms with Gasteiger partial charge in [0.05, 0.1) is 5.60 Å². The van der Waals surface area contributed by atoms with Crippen molar-refractivity contribution < 1.29 is 5.11 Å². The Balaban J connectivity index is 1.87. The van der Waals surface area contributed by atoms with E-state index in [0.29, 0.717) is 0 Å². The molecule has 0 radical (unpaired) electrons. The predicted molar refractivity (Wildman–Crippen MR) is 47.5 cm³/mol. The third-order valence-electron chi connectivity index (χ3n) is 2.35. The van der Waals surface area contributed by atoms with E-state index in [-0.39, 0.29) is 0 Å². The van der Waals surface area contributed by atoms with Crippen LogP contribution in [-0.2, 0) is 0 Å². The summed E-state index contributed by atoms with van der Waals surface area (Å²) < 4.78 is 0. The van der Waals surface area contributed by atoms with Gasteiger partial charge in [-0.2, -0.15) is 0 Å². The Kier molecular flexibility index (Phi) is 2.94. The molecule has 0 amide bonds. The molecule has 0 aromatic heterocycles. The van der Waals surface area contributed by atoms with Crippen LogP contribution < -0.4 is 0 Å². The van der Waals surface area contributed by atoms with E-state index < -0.39 is 5.60 Å². The average molecular weight is 156 g/mol. The minimum atomic E-state index is -0.441. The summed E-state index contributed by atoms with van der Waals surface area (Å²) in [4.78, 5) is 0. The lowest BCUT2D eigenvalue weighted by Crippen LogP contribution is -2.17. The quantitative estimate of drug-likeness (QED) is 0.607. The van der Waals surface area contributed by atoms with Crippen LogP contribution in [0.25, 0.3) is 0 Å². The lowest BCUT2D eigenvalue weighted by Gasteiger charge is -2.16. The Hall–Kier alpha value is -0.0400. The van der Waals surface area contributed by atoms with Crippen LogP contribution in [0.1, 0.15) is 52.4 Å². The summed E-state index contributed by atoms with van der Waals surface area (Å²) >= 11 is 0. The fourth-order valence-electron chi connectivity index (χ4n) is 1.40. The third kappa shape index (κ3) is 5.25. The van der Waals surface area contributed by atoms with Gasteiger partial charge in [0.1, 0.15) is 0 Å². The molecule has 1 fully saturated rings. The zero-order chi connectivity index (χ0) is 8.32. The molecule has 1 heteroatoms. The molecule has 1 N–H and O–H groups in total. The molecule has 0 aromatic rings. The van der Waals surface area contributed by atoms with E-state index in [0.717, 1.165) is 12.3 Å². The van der Waals surface area contributed by atoms with Crippen LogP contribution in [0, 0.1) is 5.92 Å². The number of hydrogen-bond acceptors (Lipinski definition) is 1. The number of rotatable bonds is 5. The van der Waals surface area contributed by atoms with Crippen LogP contribution in [0.3, 0.4) is 0 Å². The molecule has 0 atom stereocenters. The zero-order valence-electron chi connectivity index (χ0n) is 7.77. The van der Waals surface area contributed by atoms with E-state index in [9.17, 15) is 5.11 Å². The average Bonchev–Trinajstić information content (AvgIpc) is 2.60. The largest absolute Gasteiger partial charge is 0.390 e. The fourth-order valence-corrected chi connectivity index (χ4v) is 1.40. The van der Waals surface area contributed by atoms with Gasteiger partial charge >= 0.3 is 0 Å². The minimum absolute atomic E-state index is 0.441. The molecule has 1 saturated carbocycles. The van der Waals surface area contributed by atoms with Gasteiger partial charge < -0.3 is 5.11 Å². The molecule has 0 heterocycles. The highest BCUT2D eigenvalue weighted by Crippen LogP contribution is 2.34. The van der Waals surface area contributed by atoms with Crippen molar-refractivity contribution in [3.8, 4) is 0 Å². The highest BCUT2D eigenvalue weighted by molar-refractivity contribution is 4.73. The van der Waals surface area contributed by atoms with Gasteiger partial charge in [-0.3, -0.25) is 0 Å². The lowest BCUT2D eigenvalue weighted by atomic mass is 10.0. The Morgan fingerprint density at radius 3 is 2.36 bits per heavy atom. The fraction of sp³-hybridized carbons (Fsp3) is 1.00. The van der Waals surface area contributed by atoms with Crippen molar-refractivity contribution in [1.82, 2.24) is 0 Å². The van der Waals surface area contributed by atoms with Gasteiger partial charge in [-0.15, -0.1) is 0 Å². The Bertz CT molecular complexity index is 109. The SMILES string of the molecule is CC(C)(O)CCCCC1CC1. The second-order valence-corrected chi connectivity index (χ2v) is 4.50. The van der Waals surface area contributed by atoms with Crippen LogP contribution in [0.5, 0.6) is 0 Å². The molecule has 0 spiro atoms. The summed E-state index contributed by atoms with van der Waals surface area (Å²) in [7, 11) is 0. The van der Waals surface area contributed by atoms with Crippen molar-refractivity contribution in [2.24, 2.45) is 5.92 Å². The Labute approximate surface area is 69.8 Å². The van der Waals surface area contributed by atoms with Crippen molar-refractivity contribution in [2.75, 3.05) is 0 Å². The van der Waals surface area contributed by atoms with E-state index in [4.69, 9.17) is 0 Å². The summed E-state index contributed by atoms with van der Waals surface area (Å²) in [5.74, 6) is 1.05. The smallest absolute Gasteiger partial charge is 0.0591 e.